The first-order valence-corrected chi connectivity index (χ1v) is 7.00. The minimum absolute atomic E-state index is 0.170. The number of nitrogens with zero attached hydrogens (tertiary/aromatic N) is 3. The lowest BCUT2D eigenvalue weighted by Gasteiger charge is -2.19. The van der Waals surface area contributed by atoms with Gasteiger partial charge in [0.1, 0.15) is 18.0 Å². The van der Waals surface area contributed by atoms with Gasteiger partial charge in [-0.1, -0.05) is 18.5 Å². The minimum Gasteiger partial charge on any atom is -0.309 e. The lowest BCUT2D eigenvalue weighted by Crippen LogP contribution is -2.26. The average Bonchev–Trinajstić information content (AvgIpc) is 2.83. The standard InChI is InChI=1S/C14H18ClFN4/c1-3-6-17-13(8-14-18-9-19-20(14)2)11-7-10(15)4-5-12(11)16/h4-5,7,9,13,17H,3,6,8H2,1-2H3. The Morgan fingerprint density at radius 2 is 2.25 bits per heavy atom. The van der Waals surface area contributed by atoms with Crippen LogP contribution in [0.4, 0.5) is 4.39 Å². The largest absolute Gasteiger partial charge is 0.309 e. The summed E-state index contributed by atoms with van der Waals surface area (Å²) in [6.45, 7) is 2.87. The molecule has 2 aromatic rings. The summed E-state index contributed by atoms with van der Waals surface area (Å²) in [5.74, 6) is 0.545. The van der Waals surface area contributed by atoms with E-state index in [0.29, 0.717) is 17.0 Å². The van der Waals surface area contributed by atoms with Crippen molar-refractivity contribution >= 4 is 11.6 Å². The fourth-order valence-corrected chi connectivity index (χ4v) is 2.26. The highest BCUT2D eigenvalue weighted by molar-refractivity contribution is 6.30. The molecule has 0 aliphatic heterocycles. The molecular weight excluding hydrogens is 279 g/mol. The SMILES string of the molecule is CCCNC(Cc1ncnn1C)c1cc(Cl)ccc1F. The molecule has 0 amide bonds. The van der Waals surface area contributed by atoms with Gasteiger partial charge in [0.15, 0.2) is 0 Å². The lowest BCUT2D eigenvalue weighted by molar-refractivity contribution is 0.481. The molecule has 20 heavy (non-hydrogen) atoms. The molecule has 0 bridgehead atoms. The van der Waals surface area contributed by atoms with Crippen LogP contribution < -0.4 is 5.32 Å². The fourth-order valence-electron chi connectivity index (χ4n) is 2.08. The van der Waals surface area contributed by atoms with Crippen LogP contribution >= 0.6 is 11.6 Å². The predicted octanol–water partition coefficient (Wildman–Crippen LogP) is 2.89. The van der Waals surface area contributed by atoms with Gasteiger partial charge in [0.05, 0.1) is 0 Å². The summed E-state index contributed by atoms with van der Waals surface area (Å²) in [4.78, 5) is 4.20. The maximum absolute atomic E-state index is 14.0. The van der Waals surface area contributed by atoms with Crippen LogP contribution in [0.1, 0.15) is 30.8 Å². The van der Waals surface area contributed by atoms with Gasteiger partial charge in [-0.05, 0) is 31.2 Å². The number of halogens is 2. The third-order valence-electron chi connectivity index (χ3n) is 3.17. The molecule has 0 aliphatic carbocycles. The van der Waals surface area contributed by atoms with Crippen LogP contribution in [0.25, 0.3) is 0 Å². The predicted molar refractivity (Wildman–Crippen MR) is 77.2 cm³/mol. The van der Waals surface area contributed by atoms with Crippen molar-refractivity contribution in [3.05, 3.63) is 46.8 Å². The smallest absolute Gasteiger partial charge is 0.138 e. The number of hydrogen-bond acceptors (Lipinski definition) is 3. The average molecular weight is 297 g/mol. The van der Waals surface area contributed by atoms with Gasteiger partial charge < -0.3 is 5.32 Å². The maximum atomic E-state index is 14.0. The maximum Gasteiger partial charge on any atom is 0.138 e. The second-order valence-corrected chi connectivity index (χ2v) is 5.11. The molecule has 0 fully saturated rings. The highest BCUT2D eigenvalue weighted by Crippen LogP contribution is 2.24. The first-order chi connectivity index (χ1) is 9.61. The van der Waals surface area contributed by atoms with E-state index in [1.807, 2.05) is 7.05 Å². The quantitative estimate of drug-likeness (QED) is 0.891. The van der Waals surface area contributed by atoms with Crippen molar-refractivity contribution in [2.45, 2.75) is 25.8 Å². The van der Waals surface area contributed by atoms with Gasteiger partial charge >= 0.3 is 0 Å². The van der Waals surface area contributed by atoms with Crippen molar-refractivity contribution in [3.8, 4) is 0 Å². The van der Waals surface area contributed by atoms with E-state index in [9.17, 15) is 4.39 Å². The highest BCUT2D eigenvalue weighted by Gasteiger charge is 2.18. The molecule has 1 aromatic carbocycles. The number of nitrogens with one attached hydrogen (secondary N) is 1. The Kier molecular flexibility index (Phi) is 5.09. The Bertz CT molecular complexity index is 570. The third-order valence-corrected chi connectivity index (χ3v) is 3.40. The summed E-state index contributed by atoms with van der Waals surface area (Å²) in [6.07, 6.45) is 3.03. The molecule has 4 nitrogen and oxygen atoms in total. The zero-order chi connectivity index (χ0) is 14.5. The van der Waals surface area contributed by atoms with Crippen LogP contribution in [0, 0.1) is 5.82 Å². The van der Waals surface area contributed by atoms with Crippen LogP contribution in [-0.2, 0) is 13.5 Å². The van der Waals surface area contributed by atoms with E-state index in [4.69, 9.17) is 11.6 Å². The van der Waals surface area contributed by atoms with Crippen molar-refractivity contribution < 1.29 is 4.39 Å². The molecule has 2 rings (SSSR count). The molecule has 108 valence electrons. The number of rotatable bonds is 6. The number of aromatic nitrogens is 3. The van der Waals surface area contributed by atoms with Crippen molar-refractivity contribution in [1.82, 2.24) is 20.1 Å². The zero-order valence-electron chi connectivity index (χ0n) is 11.6. The van der Waals surface area contributed by atoms with E-state index in [1.165, 1.54) is 12.4 Å². The minimum atomic E-state index is -0.259. The van der Waals surface area contributed by atoms with Gasteiger partial charge in [-0.25, -0.2) is 9.37 Å². The molecule has 0 saturated carbocycles. The number of benzene rings is 1. The van der Waals surface area contributed by atoms with Gasteiger partial charge in [-0.2, -0.15) is 5.10 Å². The lowest BCUT2D eigenvalue weighted by atomic mass is 10.0. The Balaban J connectivity index is 2.27. The van der Waals surface area contributed by atoms with E-state index in [-0.39, 0.29) is 11.9 Å². The van der Waals surface area contributed by atoms with Crippen LogP contribution in [0.2, 0.25) is 5.02 Å². The topological polar surface area (TPSA) is 42.7 Å². The molecule has 1 atom stereocenters. The third kappa shape index (κ3) is 3.55. The van der Waals surface area contributed by atoms with Crippen LogP contribution in [0.5, 0.6) is 0 Å². The summed E-state index contributed by atoms with van der Waals surface area (Å²) >= 11 is 5.98. The van der Waals surface area contributed by atoms with Crippen molar-refractivity contribution in [3.63, 3.8) is 0 Å². The zero-order valence-corrected chi connectivity index (χ0v) is 12.4. The van der Waals surface area contributed by atoms with Crippen LogP contribution in [0.15, 0.2) is 24.5 Å². The van der Waals surface area contributed by atoms with Crippen LogP contribution in [0.3, 0.4) is 0 Å². The summed E-state index contributed by atoms with van der Waals surface area (Å²) in [6, 6.07) is 4.45. The molecule has 0 spiro atoms. The summed E-state index contributed by atoms with van der Waals surface area (Å²) in [7, 11) is 1.83. The molecule has 1 unspecified atom stereocenters. The van der Waals surface area contributed by atoms with Gasteiger partial charge in [0, 0.05) is 30.1 Å². The second kappa shape index (κ2) is 6.81. The Morgan fingerprint density at radius 1 is 1.45 bits per heavy atom. The van der Waals surface area contributed by atoms with Crippen molar-refractivity contribution in [1.29, 1.82) is 0 Å². The molecule has 1 aromatic heterocycles. The molecule has 0 saturated heterocycles. The summed E-state index contributed by atoms with van der Waals surface area (Å²) in [5, 5.41) is 7.91. The Hall–Kier alpha value is -1.46. The number of aryl methyl sites for hydroxylation is 1. The first kappa shape index (κ1) is 14.9. The second-order valence-electron chi connectivity index (χ2n) is 4.68. The fraction of sp³-hybridized carbons (Fsp3) is 0.429. The van der Waals surface area contributed by atoms with E-state index in [0.717, 1.165) is 18.8 Å². The van der Waals surface area contributed by atoms with E-state index >= 15 is 0 Å². The van der Waals surface area contributed by atoms with Gasteiger partial charge in [0.2, 0.25) is 0 Å². The van der Waals surface area contributed by atoms with Crippen molar-refractivity contribution in [2.75, 3.05) is 6.54 Å². The molecular formula is C14H18ClFN4. The molecule has 1 heterocycles. The van der Waals surface area contributed by atoms with Gasteiger partial charge in [-0.3, -0.25) is 4.68 Å². The summed E-state index contributed by atoms with van der Waals surface area (Å²) < 4.78 is 15.7. The number of hydrogen-bond donors (Lipinski definition) is 1. The van der Waals surface area contributed by atoms with E-state index in [2.05, 4.69) is 22.3 Å². The Labute approximate surface area is 123 Å². The van der Waals surface area contributed by atoms with E-state index < -0.39 is 0 Å². The Morgan fingerprint density at radius 3 is 2.90 bits per heavy atom. The normalized spacial score (nSPS) is 12.6. The summed E-state index contributed by atoms with van der Waals surface area (Å²) in [5.41, 5.74) is 0.564. The van der Waals surface area contributed by atoms with Crippen molar-refractivity contribution in [2.24, 2.45) is 7.05 Å². The molecule has 0 aliphatic rings. The van der Waals surface area contributed by atoms with E-state index in [1.54, 1.807) is 16.8 Å². The van der Waals surface area contributed by atoms with Crippen LogP contribution in [-0.4, -0.2) is 21.3 Å². The first-order valence-electron chi connectivity index (χ1n) is 6.63. The highest BCUT2D eigenvalue weighted by atomic mass is 35.5. The molecule has 6 heteroatoms. The van der Waals surface area contributed by atoms with Gasteiger partial charge in [-0.15, -0.1) is 0 Å². The molecule has 0 radical (unpaired) electrons. The van der Waals surface area contributed by atoms with Gasteiger partial charge in [0.25, 0.3) is 0 Å². The monoisotopic (exact) mass is 296 g/mol. The molecule has 1 N–H and O–H groups in total.